The zero-order valence-corrected chi connectivity index (χ0v) is 56.7. The Morgan fingerprint density at radius 3 is 1.25 bits per heavy atom. The van der Waals surface area contributed by atoms with Gasteiger partial charge in [-0.25, -0.2) is 4.98 Å². The quantitative estimate of drug-likeness (QED) is 0.0371. The molecule has 0 amide bonds. The van der Waals surface area contributed by atoms with E-state index in [9.17, 15) is 57.6 Å². The molecule has 498 valence electrons. The summed E-state index contributed by atoms with van der Waals surface area (Å²) in [6, 6.07) is -44.4. The van der Waals surface area contributed by atoms with Gasteiger partial charge in [-0.1, -0.05) is 363 Å². The SMILES string of the molecule is [2H]c1c([2H])c([2H])c(-c2cnc(-n3c4ccccc4c4ccc(Oc5cccc(-n6[c-][n+](-c7c([Si](c8c([2H])c([2H])c([2H])c([2H])c8[2H])(c8c([2H])c([2H])c([2H])c([2H])c8[2H])c8c([2H])c([2H])c([2H])c([2H])c8[2H])cccc7[Si](c7c([2H])c([2H])c([2H])c([2H])c7[2H])(c7c([2H])c([2H])c([2H])c([2H])c7[2H])c7c([2H])c([2H])c([2H])c([2H])c7[2H])c7ccc([Si](c8c([2H])c([2H])c([2H])c([2H])c8[2H])(c8c([2H])c([2H])c([2H])c([2H])c8[2H])c8c([2H])c([2H])c([2H])c([2H])c8[2H])cc76)c5)cc43)cc2C([2H])([2H])[2H])c([2H])c1[2H]. The lowest BCUT2D eigenvalue weighted by molar-refractivity contribution is -0.570. The number of benzene rings is 15. The standard InChI is InChI=1S/C97H72N4OSi3/c1-72-66-96(98-70-89(72)73-36-12-2-13-37-73)101-90-59-33-32-58-87(90)88-64-62-76(68-92(88)101)102-75-39-34-38-74(67-75)99-71-100(91-65-63-86(69-93(91)99)103(77-40-14-3-15-41-77,78-42-16-4-17-43-78)79-44-18-5-19-45-79)97-94(104(80-46-20-6-21-47-80,81-48-22-7-23-49-81)82-50-24-8-25-51-82)60-35-61-95(97)105(83-52-26-9-27-53-83,84-54-28-10-29-55-84)85-56-30-11-31-57-85/h2-70H,1H3/i1D3,2D,3D,4D,5D,6D,7D,8D,9D,10D,11D,12D,13D,14D,15D,16D,17D,18D,19D,20D,21D,22D,23D,24D,25D,26D,27D,28D,29D,30D,31D,36D,37D,40D,41D,42D,43D,44D,45D,46D,47D,48D,49D,50D,51D,52D,53D,54D,55D,56D,57D. The average Bonchev–Trinajstić information content (AvgIpc) is 0.877. The topological polar surface area (TPSA) is 35.9 Å². The van der Waals surface area contributed by atoms with E-state index in [4.69, 9.17) is 19.8 Å². The molecule has 3 heterocycles. The van der Waals surface area contributed by atoms with Crippen LogP contribution in [-0.4, -0.2) is 38.3 Å². The summed E-state index contributed by atoms with van der Waals surface area (Å²) in [5.74, 6) is -0.634. The van der Waals surface area contributed by atoms with Crippen LogP contribution >= 0.6 is 0 Å². The number of ether oxygens (including phenoxy) is 1. The number of rotatable bonds is 18. The van der Waals surface area contributed by atoms with Crippen LogP contribution in [-0.2, 0) is 0 Å². The van der Waals surface area contributed by atoms with Gasteiger partial charge in [0.25, 0.3) is 6.33 Å². The van der Waals surface area contributed by atoms with Gasteiger partial charge in [0.15, 0.2) is 24.2 Å². The van der Waals surface area contributed by atoms with Gasteiger partial charge < -0.3 is 4.74 Å². The highest BCUT2D eigenvalue weighted by Crippen LogP contribution is 2.37. The molecule has 0 aliphatic heterocycles. The number of aryl methyl sites for hydroxylation is 1. The van der Waals surface area contributed by atoms with Gasteiger partial charge in [0.1, 0.15) is 17.3 Å². The average molecular weight is 1450 g/mol. The summed E-state index contributed by atoms with van der Waals surface area (Å²) >= 11 is 0. The van der Waals surface area contributed by atoms with E-state index >= 15 is 0 Å². The molecule has 3 aromatic heterocycles. The Hall–Kier alpha value is -12.8. The van der Waals surface area contributed by atoms with E-state index < -0.39 is 429 Å². The van der Waals surface area contributed by atoms with E-state index in [2.05, 4.69) is 11.3 Å². The van der Waals surface area contributed by atoms with Crippen LogP contribution in [0.15, 0.2) is 418 Å². The first kappa shape index (κ1) is 29.1. The predicted molar refractivity (Wildman–Crippen MR) is 443 cm³/mol. The van der Waals surface area contributed by atoms with E-state index in [1.807, 2.05) is 0 Å². The molecular formula is C97H72N4OSi3. The van der Waals surface area contributed by atoms with Crippen molar-refractivity contribution in [2.75, 3.05) is 0 Å². The minimum absolute atomic E-state index is 0.147. The lowest BCUT2D eigenvalue weighted by atomic mass is 10.0. The fourth-order valence-electron chi connectivity index (χ4n) is 13.6. The van der Waals surface area contributed by atoms with Crippen LogP contribution in [0, 0.1) is 13.2 Å². The highest BCUT2D eigenvalue weighted by atomic mass is 28.3. The van der Waals surface area contributed by atoms with Gasteiger partial charge in [-0.3, -0.25) is 13.7 Å². The predicted octanol–water partition coefficient (Wildman–Crippen LogP) is 14.1. The molecule has 0 unspecified atom stereocenters. The molecule has 8 heteroatoms. The van der Waals surface area contributed by atoms with Gasteiger partial charge in [-0.2, -0.15) is 0 Å². The van der Waals surface area contributed by atoms with Crippen molar-refractivity contribution in [1.29, 1.82) is 0 Å². The molecule has 18 aromatic rings. The second-order valence-electron chi connectivity index (χ2n) is 23.1. The summed E-state index contributed by atoms with van der Waals surface area (Å²) in [6.07, 6.45) is 4.16. The first-order chi connectivity index (χ1) is 73.9. The van der Waals surface area contributed by atoms with Crippen molar-refractivity contribution in [2.24, 2.45) is 0 Å². The van der Waals surface area contributed by atoms with Crippen LogP contribution in [0.5, 0.6) is 11.5 Å². The maximum Gasteiger partial charge on any atom is 0.269 e. The number of nitrogens with zero attached hydrogens (tertiary/aromatic N) is 4. The molecule has 0 radical (unpaired) electrons. The molecular weight excluding hydrogens is 1320 g/mol. The normalized spacial score (nSPS) is 19.1. The minimum Gasteiger partial charge on any atom is -0.458 e. The van der Waals surface area contributed by atoms with E-state index in [0.29, 0.717) is 20.9 Å². The molecule has 105 heavy (non-hydrogen) atoms. The van der Waals surface area contributed by atoms with Crippen molar-refractivity contribution in [3.8, 4) is 39.8 Å². The Labute approximate surface area is 690 Å². The summed E-state index contributed by atoms with van der Waals surface area (Å²) < 4.78 is 527. The second-order valence-corrected chi connectivity index (χ2v) is 33.8. The largest absolute Gasteiger partial charge is 0.458 e. The number of hydrogen-bond donors (Lipinski definition) is 0. The van der Waals surface area contributed by atoms with Gasteiger partial charge in [0.2, 0.25) is 0 Å². The van der Waals surface area contributed by atoms with E-state index in [1.54, 1.807) is 30.3 Å². The molecule has 18 rings (SSSR count). The van der Waals surface area contributed by atoms with Gasteiger partial charge in [-0.15, -0.1) is 0 Å². The van der Waals surface area contributed by atoms with Crippen molar-refractivity contribution in [1.82, 2.24) is 14.1 Å². The molecule has 0 fully saturated rings. The van der Waals surface area contributed by atoms with E-state index in [1.165, 1.54) is 41.0 Å². The van der Waals surface area contributed by atoms with Crippen LogP contribution in [0.3, 0.4) is 0 Å². The Morgan fingerprint density at radius 2 is 0.781 bits per heavy atom. The summed E-state index contributed by atoms with van der Waals surface area (Å²) in [6.45, 7) is -3.13. The maximum absolute atomic E-state index is 10.6. The van der Waals surface area contributed by atoms with Crippen LogP contribution in [0.25, 0.3) is 61.2 Å². The molecule has 0 N–H and O–H groups in total. The van der Waals surface area contributed by atoms with Gasteiger partial charge in [0.05, 0.1) is 102 Å². The zero-order valence-electron chi connectivity index (χ0n) is 107. The van der Waals surface area contributed by atoms with E-state index in [-0.39, 0.29) is 28.4 Å². The zero-order chi connectivity index (χ0) is 116. The molecule has 0 aliphatic carbocycles. The second kappa shape index (κ2) is 27.5. The van der Waals surface area contributed by atoms with Crippen LogP contribution in [0.1, 0.15) is 78.2 Å². The molecule has 0 aliphatic rings. The number of imidazole rings is 1. The number of hydrogen-bond acceptors (Lipinski definition) is 2. The number of para-hydroxylation sites is 2. The summed E-state index contributed by atoms with van der Waals surface area (Å²) in [4.78, 5) is 4.69. The van der Waals surface area contributed by atoms with Crippen LogP contribution in [0.2, 0.25) is 0 Å². The minimum atomic E-state index is -7.27. The first-order valence-corrected chi connectivity index (χ1v) is 37.6. The maximum atomic E-state index is 10.6. The molecule has 0 spiro atoms. The van der Waals surface area contributed by atoms with Crippen LogP contribution < -0.4 is 71.5 Å². The molecule has 5 nitrogen and oxygen atoms in total. The Kier molecular flexibility index (Phi) is 7.63. The lowest BCUT2D eigenvalue weighted by Crippen LogP contribution is -2.80. The number of aromatic nitrogens is 4. The van der Waals surface area contributed by atoms with Crippen molar-refractivity contribution in [3.63, 3.8) is 0 Å². The molecule has 0 bridgehead atoms. The number of pyridine rings is 1. The van der Waals surface area contributed by atoms with Gasteiger partial charge in [0, 0.05) is 32.7 Å². The van der Waals surface area contributed by atoms with Gasteiger partial charge in [-0.05, 0) is 123 Å². The monoisotopic (exact) mass is 1450 g/mol. The first-order valence-electron chi connectivity index (χ1n) is 58.1. The van der Waals surface area contributed by atoms with Crippen molar-refractivity contribution >= 4 is 119 Å². The summed E-state index contributed by atoms with van der Waals surface area (Å²) in [5.41, 5.74) is -4.18. The van der Waals surface area contributed by atoms with Gasteiger partial charge >= 0.3 is 0 Å². The Balaban J connectivity index is 1.14. The third kappa shape index (κ3) is 11.0. The third-order valence-electron chi connectivity index (χ3n) is 17.9. The fraction of sp³-hybridized carbons (Fsp3) is 0.0103. The summed E-state index contributed by atoms with van der Waals surface area (Å²) in [7, 11) is -21.1. The van der Waals surface area contributed by atoms with E-state index in [0.717, 1.165) is 53.2 Å². The highest BCUT2D eigenvalue weighted by Gasteiger charge is 2.49. The Bertz CT molecular complexity index is 8470. The van der Waals surface area contributed by atoms with Crippen molar-refractivity contribution < 1.29 is 82.0 Å². The molecule has 15 aromatic carbocycles. The third-order valence-corrected chi connectivity index (χ3v) is 30.5. The Morgan fingerprint density at radius 1 is 0.362 bits per heavy atom. The van der Waals surface area contributed by atoms with Crippen molar-refractivity contribution in [2.45, 2.75) is 6.85 Å². The van der Waals surface area contributed by atoms with Crippen molar-refractivity contribution in [3.05, 3.63) is 429 Å². The van der Waals surface area contributed by atoms with Crippen LogP contribution in [0.4, 0.5) is 0 Å². The highest BCUT2D eigenvalue weighted by molar-refractivity contribution is 7.23. The molecule has 0 saturated carbocycles. The smallest absolute Gasteiger partial charge is 0.269 e. The summed E-state index contributed by atoms with van der Waals surface area (Å²) in [5, 5.41) is -14.1. The number of fused-ring (bicyclic) bond motifs is 4. The molecule has 0 saturated heterocycles. The lowest BCUT2D eigenvalue weighted by Gasteiger charge is -2.40. The molecule has 0 atom stereocenters. The fourth-order valence-corrected chi connectivity index (χ4v) is 25.6.